The second-order valence-corrected chi connectivity index (χ2v) is 5.88. The van der Waals surface area contributed by atoms with Gasteiger partial charge in [0.1, 0.15) is 5.75 Å². The highest BCUT2D eigenvalue weighted by Gasteiger charge is 2.31. The summed E-state index contributed by atoms with van der Waals surface area (Å²) in [5.74, 6) is 0.608. The number of methoxy groups -OCH3 is 1. The minimum absolute atomic E-state index is 0.203. The van der Waals surface area contributed by atoms with Gasteiger partial charge in [-0.3, -0.25) is 0 Å². The minimum Gasteiger partial charge on any atom is -0.481 e. The van der Waals surface area contributed by atoms with E-state index in [9.17, 15) is 18.3 Å². The van der Waals surface area contributed by atoms with E-state index < -0.39 is 6.36 Å². The van der Waals surface area contributed by atoms with E-state index in [0.29, 0.717) is 43.6 Å². The number of anilines is 2. The van der Waals surface area contributed by atoms with Crippen LogP contribution in [-0.2, 0) is 6.61 Å². The lowest BCUT2D eigenvalue weighted by Crippen LogP contribution is -2.47. The molecule has 10 heteroatoms. The Labute approximate surface area is 154 Å². The van der Waals surface area contributed by atoms with Gasteiger partial charge in [-0.15, -0.1) is 13.2 Å². The Kier molecular flexibility index (Phi) is 5.54. The van der Waals surface area contributed by atoms with E-state index in [1.165, 1.54) is 25.4 Å². The molecule has 1 aliphatic heterocycles. The SMILES string of the molecule is COc1nc(N2CCN(c3ccc(OC(F)(F)F)cc3)CC2)ncc1CO. The van der Waals surface area contributed by atoms with E-state index >= 15 is 0 Å². The van der Waals surface area contributed by atoms with E-state index in [2.05, 4.69) is 19.6 Å². The molecule has 0 amide bonds. The number of rotatable bonds is 5. The zero-order chi connectivity index (χ0) is 19.4. The van der Waals surface area contributed by atoms with Crippen LogP contribution in [0.2, 0.25) is 0 Å². The van der Waals surface area contributed by atoms with Crippen molar-refractivity contribution < 1.29 is 27.8 Å². The normalized spacial score (nSPS) is 15.0. The lowest BCUT2D eigenvalue weighted by atomic mass is 10.2. The third-order valence-electron chi connectivity index (χ3n) is 4.17. The molecule has 27 heavy (non-hydrogen) atoms. The van der Waals surface area contributed by atoms with Crippen LogP contribution >= 0.6 is 0 Å². The van der Waals surface area contributed by atoms with Crippen molar-refractivity contribution in [1.29, 1.82) is 0 Å². The fraction of sp³-hybridized carbons (Fsp3) is 0.412. The second kappa shape index (κ2) is 7.87. The van der Waals surface area contributed by atoms with Crippen molar-refractivity contribution in [1.82, 2.24) is 9.97 Å². The standard InChI is InChI=1S/C17H19F3N4O3/c1-26-15-12(11-25)10-21-16(22-15)24-8-6-23(7-9-24)13-2-4-14(5-3-13)27-17(18,19)20/h2-5,10,25H,6-9,11H2,1H3. The number of hydrogen-bond acceptors (Lipinski definition) is 7. The van der Waals surface area contributed by atoms with E-state index in [0.717, 1.165) is 5.69 Å². The zero-order valence-electron chi connectivity index (χ0n) is 14.6. The zero-order valence-corrected chi connectivity index (χ0v) is 14.6. The van der Waals surface area contributed by atoms with E-state index in [1.807, 2.05) is 4.90 Å². The van der Waals surface area contributed by atoms with Crippen molar-refractivity contribution in [3.63, 3.8) is 0 Å². The predicted octanol–water partition coefficient (Wildman–Crippen LogP) is 2.20. The van der Waals surface area contributed by atoms with Gasteiger partial charge in [-0.2, -0.15) is 4.98 Å². The third-order valence-corrected chi connectivity index (χ3v) is 4.17. The Morgan fingerprint density at radius 2 is 1.70 bits per heavy atom. The summed E-state index contributed by atoms with van der Waals surface area (Å²) in [7, 11) is 1.48. The van der Waals surface area contributed by atoms with Crippen LogP contribution in [0.1, 0.15) is 5.56 Å². The summed E-state index contributed by atoms with van der Waals surface area (Å²) in [5, 5.41) is 9.24. The molecule has 146 valence electrons. The summed E-state index contributed by atoms with van der Waals surface area (Å²) in [6.45, 7) is 2.40. The Hall–Kier alpha value is -2.75. The molecule has 0 unspecified atom stereocenters. The Balaban J connectivity index is 1.62. The maximum atomic E-state index is 12.2. The number of alkyl halides is 3. The smallest absolute Gasteiger partial charge is 0.481 e. The molecule has 0 spiro atoms. The van der Waals surface area contributed by atoms with Crippen molar-refractivity contribution >= 4 is 11.6 Å². The average Bonchev–Trinajstić information content (AvgIpc) is 2.67. The van der Waals surface area contributed by atoms with Gasteiger partial charge in [0, 0.05) is 38.1 Å². The predicted molar refractivity (Wildman–Crippen MR) is 92.1 cm³/mol. The van der Waals surface area contributed by atoms with Gasteiger partial charge in [-0.1, -0.05) is 0 Å². The summed E-state index contributed by atoms with van der Waals surface area (Å²) in [6, 6.07) is 5.81. The maximum Gasteiger partial charge on any atom is 0.573 e. The largest absolute Gasteiger partial charge is 0.573 e. The molecule has 7 nitrogen and oxygen atoms in total. The summed E-state index contributed by atoms with van der Waals surface area (Å²) in [4.78, 5) is 12.6. The lowest BCUT2D eigenvalue weighted by molar-refractivity contribution is -0.274. The number of benzene rings is 1. The Bertz CT molecular complexity index is 763. The number of hydrogen-bond donors (Lipinski definition) is 1. The fourth-order valence-electron chi connectivity index (χ4n) is 2.84. The topological polar surface area (TPSA) is 71.0 Å². The van der Waals surface area contributed by atoms with Crippen molar-refractivity contribution in [2.45, 2.75) is 13.0 Å². The van der Waals surface area contributed by atoms with Crippen LogP contribution < -0.4 is 19.3 Å². The number of ether oxygens (including phenoxy) is 2. The maximum absolute atomic E-state index is 12.2. The summed E-state index contributed by atoms with van der Waals surface area (Å²) in [5.41, 5.74) is 1.33. The van der Waals surface area contributed by atoms with Crippen LogP contribution in [0.15, 0.2) is 30.5 Å². The van der Waals surface area contributed by atoms with Gasteiger partial charge >= 0.3 is 6.36 Å². The number of aliphatic hydroxyl groups excluding tert-OH is 1. The molecule has 1 fully saturated rings. The van der Waals surface area contributed by atoms with E-state index in [4.69, 9.17) is 4.74 Å². The van der Waals surface area contributed by atoms with E-state index in [1.54, 1.807) is 12.1 Å². The second-order valence-electron chi connectivity index (χ2n) is 5.88. The molecule has 1 aromatic carbocycles. The number of aliphatic hydroxyl groups is 1. The first-order valence-electron chi connectivity index (χ1n) is 8.26. The number of halogens is 3. The van der Waals surface area contributed by atoms with Gasteiger partial charge in [-0.05, 0) is 24.3 Å². The molecule has 1 aromatic heterocycles. The monoisotopic (exact) mass is 384 g/mol. The van der Waals surface area contributed by atoms with Gasteiger partial charge in [0.15, 0.2) is 0 Å². The molecule has 0 radical (unpaired) electrons. The van der Waals surface area contributed by atoms with Crippen LogP contribution in [0.5, 0.6) is 11.6 Å². The number of aromatic nitrogens is 2. The Morgan fingerprint density at radius 3 is 2.26 bits per heavy atom. The molecule has 2 heterocycles. The summed E-state index contributed by atoms with van der Waals surface area (Å²) >= 11 is 0. The van der Waals surface area contributed by atoms with Crippen LogP contribution in [0.4, 0.5) is 24.8 Å². The molecule has 1 aliphatic rings. The highest BCUT2D eigenvalue weighted by Crippen LogP contribution is 2.26. The molecule has 0 bridgehead atoms. The Morgan fingerprint density at radius 1 is 1.07 bits per heavy atom. The molecule has 3 rings (SSSR count). The first kappa shape index (κ1) is 19.0. The van der Waals surface area contributed by atoms with Gasteiger partial charge in [0.25, 0.3) is 0 Å². The first-order valence-corrected chi connectivity index (χ1v) is 8.26. The molecule has 1 N–H and O–H groups in total. The molecule has 2 aromatic rings. The minimum atomic E-state index is -4.69. The van der Waals surface area contributed by atoms with E-state index in [-0.39, 0.29) is 12.4 Å². The van der Waals surface area contributed by atoms with Crippen molar-refractivity contribution in [2.24, 2.45) is 0 Å². The van der Waals surface area contributed by atoms with Crippen LogP contribution in [0.3, 0.4) is 0 Å². The van der Waals surface area contributed by atoms with Crippen molar-refractivity contribution in [2.75, 3.05) is 43.1 Å². The summed E-state index contributed by atoms with van der Waals surface area (Å²) < 4.78 is 45.7. The molecule has 0 saturated carbocycles. The van der Waals surface area contributed by atoms with Crippen molar-refractivity contribution in [3.8, 4) is 11.6 Å². The highest BCUT2D eigenvalue weighted by molar-refractivity contribution is 5.51. The summed E-state index contributed by atoms with van der Waals surface area (Å²) in [6.07, 6.45) is -3.16. The van der Waals surface area contributed by atoms with Crippen LogP contribution in [0.25, 0.3) is 0 Å². The number of piperazine rings is 1. The number of nitrogens with zero attached hydrogens (tertiary/aromatic N) is 4. The van der Waals surface area contributed by atoms with Gasteiger partial charge in [0.05, 0.1) is 19.3 Å². The first-order chi connectivity index (χ1) is 12.9. The molecular formula is C17H19F3N4O3. The quantitative estimate of drug-likeness (QED) is 0.847. The van der Waals surface area contributed by atoms with Crippen molar-refractivity contribution in [3.05, 3.63) is 36.0 Å². The molecule has 1 saturated heterocycles. The highest BCUT2D eigenvalue weighted by atomic mass is 19.4. The fourth-order valence-corrected chi connectivity index (χ4v) is 2.84. The van der Waals surface area contributed by atoms with Gasteiger partial charge in [-0.25, -0.2) is 4.98 Å². The van der Waals surface area contributed by atoms with Gasteiger partial charge in [0.2, 0.25) is 11.8 Å². The average molecular weight is 384 g/mol. The lowest BCUT2D eigenvalue weighted by Gasteiger charge is -2.36. The molecule has 0 aliphatic carbocycles. The van der Waals surface area contributed by atoms with Gasteiger partial charge < -0.3 is 24.4 Å². The molecular weight excluding hydrogens is 365 g/mol. The van der Waals surface area contributed by atoms with Crippen LogP contribution in [-0.4, -0.2) is 54.7 Å². The van der Waals surface area contributed by atoms with Crippen LogP contribution in [0, 0.1) is 0 Å². The molecule has 0 atom stereocenters. The third kappa shape index (κ3) is 4.70.